The van der Waals surface area contributed by atoms with Gasteiger partial charge in [-0.3, -0.25) is 9.36 Å². The molecule has 1 fully saturated rings. The van der Waals surface area contributed by atoms with Crippen molar-refractivity contribution in [3.63, 3.8) is 0 Å². The van der Waals surface area contributed by atoms with Gasteiger partial charge in [0.25, 0.3) is 0 Å². The first kappa shape index (κ1) is 20.1. The summed E-state index contributed by atoms with van der Waals surface area (Å²) in [5, 5.41) is 4.77. The Morgan fingerprint density at radius 3 is 2.83 bits per heavy atom. The van der Waals surface area contributed by atoms with E-state index in [4.69, 9.17) is 11.6 Å². The normalized spacial score (nSPS) is 18.5. The van der Waals surface area contributed by atoms with Crippen molar-refractivity contribution in [3.05, 3.63) is 50.9 Å². The molecule has 0 saturated heterocycles. The number of benzene rings is 1. The fourth-order valence-electron chi connectivity index (χ4n) is 4.05. The minimum atomic E-state index is -0.424. The molecule has 0 N–H and O–H groups in total. The molecule has 0 radical (unpaired) electrons. The second kappa shape index (κ2) is 8.30. The second-order valence-corrected chi connectivity index (χ2v) is 8.52. The average molecular weight is 421 g/mol. The van der Waals surface area contributed by atoms with Crippen LogP contribution in [0.3, 0.4) is 0 Å². The maximum absolute atomic E-state index is 13.3. The fraction of sp³-hybridized carbons (Fsp3) is 0.571. The zero-order chi connectivity index (χ0) is 20.5. The molecule has 1 aromatic heterocycles. The largest absolute Gasteiger partial charge is 0.346 e. The van der Waals surface area contributed by atoms with E-state index < -0.39 is 5.82 Å². The summed E-state index contributed by atoms with van der Waals surface area (Å²) in [6.45, 7) is 4.33. The van der Waals surface area contributed by atoms with Gasteiger partial charge in [-0.15, -0.1) is 0 Å². The highest BCUT2D eigenvalue weighted by Gasteiger charge is 2.35. The van der Waals surface area contributed by atoms with Crippen LogP contribution in [0.2, 0.25) is 5.02 Å². The molecule has 1 aliphatic carbocycles. The molecule has 4 rings (SSSR count). The van der Waals surface area contributed by atoms with E-state index in [-0.39, 0.29) is 29.1 Å². The van der Waals surface area contributed by atoms with Gasteiger partial charge in [0, 0.05) is 24.7 Å². The highest BCUT2D eigenvalue weighted by molar-refractivity contribution is 6.31. The Kier molecular flexibility index (Phi) is 5.76. The smallest absolute Gasteiger partial charge is 0.342 e. The van der Waals surface area contributed by atoms with Crippen molar-refractivity contribution < 1.29 is 9.18 Å². The minimum absolute atomic E-state index is 0.0802. The van der Waals surface area contributed by atoms with Crippen LogP contribution in [0.15, 0.2) is 23.0 Å². The van der Waals surface area contributed by atoms with Crippen LogP contribution >= 0.6 is 11.6 Å². The van der Waals surface area contributed by atoms with E-state index >= 15 is 0 Å². The van der Waals surface area contributed by atoms with E-state index in [9.17, 15) is 14.0 Å². The SMILES string of the molecule is CCCN(CC1CC1)C(=O)C1CCCn2c1nn(Cc1ccc(F)cc1Cl)c2=O. The predicted molar refractivity (Wildman–Crippen MR) is 109 cm³/mol. The number of fused-ring (bicyclic) bond motifs is 1. The molecule has 29 heavy (non-hydrogen) atoms. The predicted octanol–water partition coefficient (Wildman–Crippen LogP) is 3.41. The summed E-state index contributed by atoms with van der Waals surface area (Å²) in [6, 6.07) is 4.10. The van der Waals surface area contributed by atoms with Crippen LogP contribution in [0, 0.1) is 11.7 Å². The monoisotopic (exact) mass is 420 g/mol. The molecule has 2 aromatic rings. The Hall–Kier alpha value is -2.15. The molecule has 8 heteroatoms. The van der Waals surface area contributed by atoms with Crippen molar-refractivity contribution >= 4 is 17.5 Å². The standard InChI is InChI=1S/C21H26ClFN4O2/c1-2-9-25(12-14-5-6-14)20(28)17-4-3-10-26-19(17)24-27(21(26)29)13-15-7-8-16(23)11-18(15)22/h7-8,11,14,17H,2-6,9-10,12-13H2,1H3. The van der Waals surface area contributed by atoms with Crippen LogP contribution in [0.25, 0.3) is 0 Å². The van der Waals surface area contributed by atoms with Crippen molar-refractivity contribution in [1.82, 2.24) is 19.2 Å². The topological polar surface area (TPSA) is 60.1 Å². The van der Waals surface area contributed by atoms with E-state index in [1.165, 1.54) is 29.7 Å². The summed E-state index contributed by atoms with van der Waals surface area (Å²) in [7, 11) is 0. The lowest BCUT2D eigenvalue weighted by Crippen LogP contribution is -2.40. The van der Waals surface area contributed by atoms with Crippen LogP contribution in [-0.4, -0.2) is 38.2 Å². The molecule has 1 aromatic carbocycles. The molecule has 0 bridgehead atoms. The van der Waals surface area contributed by atoms with E-state index in [1.807, 2.05) is 4.90 Å². The fourth-order valence-corrected chi connectivity index (χ4v) is 4.28. The zero-order valence-corrected chi connectivity index (χ0v) is 17.4. The van der Waals surface area contributed by atoms with Gasteiger partial charge in [0.15, 0.2) is 0 Å². The van der Waals surface area contributed by atoms with Crippen molar-refractivity contribution in [2.24, 2.45) is 5.92 Å². The molecular weight excluding hydrogens is 395 g/mol. The van der Waals surface area contributed by atoms with Gasteiger partial charge in [-0.1, -0.05) is 24.6 Å². The highest BCUT2D eigenvalue weighted by atomic mass is 35.5. The average Bonchev–Trinajstić information content (AvgIpc) is 3.46. The number of amides is 1. The van der Waals surface area contributed by atoms with Gasteiger partial charge >= 0.3 is 5.69 Å². The van der Waals surface area contributed by atoms with Gasteiger partial charge in [0.2, 0.25) is 5.91 Å². The molecule has 156 valence electrons. The van der Waals surface area contributed by atoms with Crippen LogP contribution in [0.1, 0.15) is 56.3 Å². The number of rotatable bonds is 7. The second-order valence-electron chi connectivity index (χ2n) is 8.11. The van der Waals surface area contributed by atoms with E-state index in [2.05, 4.69) is 12.0 Å². The minimum Gasteiger partial charge on any atom is -0.342 e. The maximum Gasteiger partial charge on any atom is 0.346 e. The third kappa shape index (κ3) is 4.25. The molecule has 1 atom stereocenters. The number of carbonyl (C=O) groups excluding carboxylic acids is 1. The quantitative estimate of drug-likeness (QED) is 0.689. The molecule has 1 aliphatic heterocycles. The molecule has 1 saturated carbocycles. The molecular formula is C21H26ClFN4O2. The van der Waals surface area contributed by atoms with Crippen LogP contribution in [0.5, 0.6) is 0 Å². The zero-order valence-electron chi connectivity index (χ0n) is 16.6. The van der Waals surface area contributed by atoms with Gasteiger partial charge in [0.1, 0.15) is 11.6 Å². The Labute approximate surface area is 174 Å². The van der Waals surface area contributed by atoms with Gasteiger partial charge in [0.05, 0.1) is 12.5 Å². The lowest BCUT2D eigenvalue weighted by atomic mass is 9.97. The van der Waals surface area contributed by atoms with Crippen molar-refractivity contribution in [2.75, 3.05) is 13.1 Å². The molecule has 2 heterocycles. The first-order valence-corrected chi connectivity index (χ1v) is 10.8. The number of halogens is 2. The van der Waals surface area contributed by atoms with Crippen LogP contribution in [0.4, 0.5) is 4.39 Å². The number of nitrogens with zero attached hydrogens (tertiary/aromatic N) is 4. The summed E-state index contributed by atoms with van der Waals surface area (Å²) >= 11 is 6.12. The number of carbonyl (C=O) groups is 1. The summed E-state index contributed by atoms with van der Waals surface area (Å²) in [4.78, 5) is 28.1. The number of hydrogen-bond donors (Lipinski definition) is 0. The van der Waals surface area contributed by atoms with Gasteiger partial charge in [-0.25, -0.2) is 13.9 Å². The summed E-state index contributed by atoms with van der Waals surface area (Å²) in [5.41, 5.74) is 0.372. The van der Waals surface area contributed by atoms with Gasteiger partial charge < -0.3 is 4.90 Å². The lowest BCUT2D eigenvalue weighted by molar-refractivity contribution is -0.133. The van der Waals surface area contributed by atoms with Crippen molar-refractivity contribution in [3.8, 4) is 0 Å². The Balaban J connectivity index is 1.61. The van der Waals surface area contributed by atoms with Gasteiger partial charge in [-0.2, -0.15) is 5.10 Å². The van der Waals surface area contributed by atoms with E-state index in [1.54, 1.807) is 10.6 Å². The summed E-state index contributed by atoms with van der Waals surface area (Å²) in [6.07, 6.45) is 4.77. The Morgan fingerprint density at radius 2 is 2.14 bits per heavy atom. The lowest BCUT2D eigenvalue weighted by Gasteiger charge is -2.29. The first-order valence-electron chi connectivity index (χ1n) is 10.4. The first-order chi connectivity index (χ1) is 14.0. The number of aromatic nitrogens is 3. The Bertz CT molecular complexity index is 966. The molecule has 1 unspecified atom stereocenters. The van der Waals surface area contributed by atoms with Crippen molar-refractivity contribution in [1.29, 1.82) is 0 Å². The molecule has 0 spiro atoms. The highest BCUT2D eigenvalue weighted by Crippen LogP contribution is 2.32. The molecule has 2 aliphatic rings. The third-order valence-corrected chi connectivity index (χ3v) is 6.10. The summed E-state index contributed by atoms with van der Waals surface area (Å²) < 4.78 is 16.3. The number of hydrogen-bond acceptors (Lipinski definition) is 3. The Morgan fingerprint density at radius 1 is 1.34 bits per heavy atom. The van der Waals surface area contributed by atoms with Crippen LogP contribution in [-0.2, 0) is 17.9 Å². The molecule has 6 nitrogen and oxygen atoms in total. The van der Waals surface area contributed by atoms with Crippen molar-refractivity contribution in [2.45, 2.75) is 58.0 Å². The van der Waals surface area contributed by atoms with Crippen LogP contribution < -0.4 is 5.69 Å². The van der Waals surface area contributed by atoms with Gasteiger partial charge in [-0.05, 0) is 55.7 Å². The van der Waals surface area contributed by atoms with E-state index in [0.717, 1.165) is 25.9 Å². The molecule has 1 amide bonds. The maximum atomic E-state index is 13.3. The summed E-state index contributed by atoms with van der Waals surface area (Å²) in [5.74, 6) is 0.437. The third-order valence-electron chi connectivity index (χ3n) is 5.75. The van der Waals surface area contributed by atoms with E-state index in [0.29, 0.717) is 30.3 Å².